The van der Waals surface area contributed by atoms with Gasteiger partial charge < -0.3 is 4.42 Å². The number of fused-ring (bicyclic) bond motifs is 1. The lowest BCUT2D eigenvalue weighted by Gasteiger charge is -2.31. The third kappa shape index (κ3) is 2.44. The van der Waals surface area contributed by atoms with Crippen molar-refractivity contribution in [3.63, 3.8) is 0 Å². The average molecular weight is 275 g/mol. The van der Waals surface area contributed by atoms with Gasteiger partial charge in [0, 0.05) is 5.39 Å². The number of alkyl halides is 1. The van der Waals surface area contributed by atoms with Crippen LogP contribution in [0.1, 0.15) is 38.0 Å². The molecule has 0 bridgehead atoms. The minimum atomic E-state index is 0.105. The van der Waals surface area contributed by atoms with Gasteiger partial charge in [0.1, 0.15) is 11.3 Å². The lowest BCUT2D eigenvalue weighted by molar-refractivity contribution is 0.337. The molecule has 0 saturated carbocycles. The lowest BCUT2D eigenvalue weighted by atomic mass is 9.76. The maximum atomic E-state index is 6.36. The van der Waals surface area contributed by atoms with Crippen molar-refractivity contribution in [2.24, 2.45) is 5.41 Å². The highest BCUT2D eigenvalue weighted by molar-refractivity contribution is 6.22. The Morgan fingerprint density at radius 2 is 2.11 bits per heavy atom. The number of para-hydroxylation sites is 1. The fourth-order valence-corrected chi connectivity index (χ4v) is 3.56. The van der Waals surface area contributed by atoms with Crippen molar-refractivity contribution in [3.8, 4) is 0 Å². The number of hydrogen-bond donors (Lipinski definition) is 0. The van der Waals surface area contributed by atoms with Gasteiger partial charge in [0.25, 0.3) is 0 Å². The highest BCUT2D eigenvalue weighted by Crippen LogP contribution is 2.42. The zero-order chi connectivity index (χ0) is 13.6. The molecule has 100 valence electrons. The summed E-state index contributed by atoms with van der Waals surface area (Å²) in [5.74, 6) is 0.975. The molecule has 3 rings (SSSR count). The molecule has 19 heavy (non-hydrogen) atoms. The van der Waals surface area contributed by atoms with Crippen molar-refractivity contribution in [1.29, 1.82) is 0 Å². The first-order chi connectivity index (χ1) is 8.94. The maximum absolute atomic E-state index is 6.36. The second-order valence-electron chi connectivity index (χ2n) is 6.36. The number of benzene rings is 1. The minimum absolute atomic E-state index is 0.105. The lowest BCUT2D eigenvalue weighted by Crippen LogP contribution is -2.21. The number of allylic oxidation sites excluding steroid dienone is 2. The fraction of sp³-hybridized carbons (Fsp3) is 0.412. The molecule has 2 heteroatoms. The number of rotatable bonds is 1. The first-order valence-corrected chi connectivity index (χ1v) is 7.23. The Morgan fingerprint density at radius 1 is 1.32 bits per heavy atom. The summed E-state index contributed by atoms with van der Waals surface area (Å²) in [7, 11) is 0. The first kappa shape index (κ1) is 12.8. The third-order valence-corrected chi connectivity index (χ3v) is 4.14. The van der Waals surface area contributed by atoms with Crippen LogP contribution in [0.4, 0.5) is 0 Å². The molecule has 0 spiro atoms. The standard InChI is InChI=1S/C17H19ClO/c1-11-5-4-6-12-8-15(19-16(11)12)13-7-14(18)10-17(2,3)9-13/h4-8,14H,9-10H2,1-3H3. The number of aryl methyl sites for hydroxylation is 1. The molecule has 1 atom stereocenters. The molecule has 0 saturated heterocycles. The number of furan rings is 1. The Hall–Kier alpha value is -1.21. The summed E-state index contributed by atoms with van der Waals surface area (Å²) >= 11 is 6.36. The monoisotopic (exact) mass is 274 g/mol. The Balaban J connectivity index is 2.07. The molecule has 0 fully saturated rings. The minimum Gasteiger partial charge on any atom is -0.456 e. The van der Waals surface area contributed by atoms with Crippen molar-refractivity contribution in [2.75, 3.05) is 0 Å². The number of hydrogen-bond acceptors (Lipinski definition) is 1. The Bertz CT molecular complexity index is 648. The molecule has 1 aromatic heterocycles. The predicted molar refractivity (Wildman–Crippen MR) is 81.6 cm³/mol. The van der Waals surface area contributed by atoms with Crippen LogP contribution in [0, 0.1) is 12.3 Å². The van der Waals surface area contributed by atoms with Gasteiger partial charge in [0.2, 0.25) is 0 Å². The van der Waals surface area contributed by atoms with Gasteiger partial charge in [-0.2, -0.15) is 0 Å². The van der Waals surface area contributed by atoms with E-state index in [0.717, 1.165) is 24.2 Å². The van der Waals surface area contributed by atoms with E-state index < -0.39 is 0 Å². The van der Waals surface area contributed by atoms with Crippen molar-refractivity contribution in [3.05, 3.63) is 41.7 Å². The van der Waals surface area contributed by atoms with Gasteiger partial charge in [-0.25, -0.2) is 0 Å². The Morgan fingerprint density at radius 3 is 2.79 bits per heavy atom. The van der Waals surface area contributed by atoms with Crippen LogP contribution < -0.4 is 0 Å². The molecule has 0 radical (unpaired) electrons. The zero-order valence-electron chi connectivity index (χ0n) is 11.7. The summed E-state index contributed by atoms with van der Waals surface area (Å²) in [5.41, 5.74) is 3.66. The van der Waals surface area contributed by atoms with E-state index in [4.69, 9.17) is 16.0 Å². The molecule has 1 heterocycles. The summed E-state index contributed by atoms with van der Waals surface area (Å²) in [5, 5.41) is 1.28. The molecular weight excluding hydrogens is 256 g/mol. The van der Waals surface area contributed by atoms with E-state index in [0.29, 0.717) is 0 Å². The third-order valence-electron chi connectivity index (χ3n) is 3.86. The van der Waals surface area contributed by atoms with E-state index >= 15 is 0 Å². The maximum Gasteiger partial charge on any atom is 0.137 e. The highest BCUT2D eigenvalue weighted by atomic mass is 35.5. The van der Waals surface area contributed by atoms with E-state index in [2.05, 4.69) is 51.1 Å². The summed E-state index contributed by atoms with van der Waals surface area (Å²) in [6.45, 7) is 6.62. The second kappa shape index (κ2) is 4.42. The molecule has 2 aromatic rings. The van der Waals surface area contributed by atoms with E-state index in [-0.39, 0.29) is 10.8 Å². The summed E-state index contributed by atoms with van der Waals surface area (Å²) in [4.78, 5) is 0. The molecule has 0 aliphatic heterocycles. The van der Waals surface area contributed by atoms with Gasteiger partial charge in [-0.15, -0.1) is 11.6 Å². The van der Waals surface area contributed by atoms with Crippen LogP contribution in [0.2, 0.25) is 0 Å². The molecule has 1 aliphatic carbocycles. The van der Waals surface area contributed by atoms with E-state index in [1.165, 1.54) is 16.5 Å². The highest BCUT2D eigenvalue weighted by Gasteiger charge is 2.29. The first-order valence-electron chi connectivity index (χ1n) is 6.79. The van der Waals surface area contributed by atoms with Crippen molar-refractivity contribution >= 4 is 28.1 Å². The molecule has 0 N–H and O–H groups in total. The van der Waals surface area contributed by atoms with Gasteiger partial charge in [0.05, 0.1) is 5.38 Å². The predicted octanol–water partition coefficient (Wildman–Crippen LogP) is 5.55. The van der Waals surface area contributed by atoms with Gasteiger partial charge in [-0.1, -0.05) is 38.1 Å². The Kier molecular flexibility index (Phi) is 2.98. The van der Waals surface area contributed by atoms with Crippen LogP contribution in [0.3, 0.4) is 0 Å². The van der Waals surface area contributed by atoms with Crippen molar-refractivity contribution in [1.82, 2.24) is 0 Å². The molecule has 1 aromatic carbocycles. The second-order valence-corrected chi connectivity index (χ2v) is 6.92. The van der Waals surface area contributed by atoms with Crippen molar-refractivity contribution < 1.29 is 4.42 Å². The molecular formula is C17H19ClO. The van der Waals surface area contributed by atoms with Crippen LogP contribution in [-0.2, 0) is 0 Å². The van der Waals surface area contributed by atoms with Crippen LogP contribution >= 0.6 is 11.6 Å². The van der Waals surface area contributed by atoms with Gasteiger partial charge >= 0.3 is 0 Å². The molecule has 1 nitrogen and oxygen atoms in total. The zero-order valence-corrected chi connectivity index (χ0v) is 12.4. The quantitative estimate of drug-likeness (QED) is 0.621. The summed E-state index contributed by atoms with van der Waals surface area (Å²) in [6.07, 6.45) is 4.20. The van der Waals surface area contributed by atoms with E-state index in [9.17, 15) is 0 Å². The van der Waals surface area contributed by atoms with Crippen LogP contribution in [0.25, 0.3) is 16.5 Å². The average Bonchev–Trinajstić information content (AvgIpc) is 2.71. The topological polar surface area (TPSA) is 13.1 Å². The summed E-state index contributed by atoms with van der Waals surface area (Å²) < 4.78 is 6.05. The summed E-state index contributed by atoms with van der Waals surface area (Å²) in [6, 6.07) is 8.39. The van der Waals surface area contributed by atoms with E-state index in [1.54, 1.807) is 0 Å². The van der Waals surface area contributed by atoms with Crippen molar-refractivity contribution in [2.45, 2.75) is 39.0 Å². The van der Waals surface area contributed by atoms with Crippen LogP contribution in [-0.4, -0.2) is 5.38 Å². The number of halogens is 1. The van der Waals surface area contributed by atoms with E-state index in [1.807, 2.05) is 0 Å². The fourth-order valence-electron chi connectivity index (χ4n) is 2.99. The van der Waals surface area contributed by atoms with Gasteiger partial charge in [-0.3, -0.25) is 0 Å². The van der Waals surface area contributed by atoms with Crippen LogP contribution in [0.5, 0.6) is 0 Å². The largest absolute Gasteiger partial charge is 0.456 e. The smallest absolute Gasteiger partial charge is 0.137 e. The van der Waals surface area contributed by atoms with Gasteiger partial charge in [-0.05, 0) is 42.4 Å². The van der Waals surface area contributed by atoms with Gasteiger partial charge in [0.15, 0.2) is 0 Å². The molecule has 0 amide bonds. The molecule has 1 unspecified atom stereocenters. The normalized spacial score (nSPS) is 22.5. The SMILES string of the molecule is Cc1cccc2cc(C3=CC(Cl)CC(C)(C)C3)oc12. The Labute approximate surface area is 119 Å². The van der Waals surface area contributed by atoms with Crippen LogP contribution in [0.15, 0.2) is 34.8 Å². The molecule has 1 aliphatic rings.